The van der Waals surface area contributed by atoms with Gasteiger partial charge in [-0.2, -0.15) is 4.31 Å². The lowest BCUT2D eigenvalue weighted by Gasteiger charge is -2.26. The summed E-state index contributed by atoms with van der Waals surface area (Å²) in [5, 5.41) is 7.11. The molecule has 0 spiro atoms. The number of benzene rings is 2. The molecule has 31 heavy (non-hydrogen) atoms. The average molecular weight is 453 g/mol. The van der Waals surface area contributed by atoms with Crippen LogP contribution in [0.25, 0.3) is 22.2 Å². The molecule has 1 fully saturated rings. The van der Waals surface area contributed by atoms with Crippen LogP contribution in [-0.4, -0.2) is 49.0 Å². The second-order valence-electron chi connectivity index (χ2n) is 7.08. The summed E-state index contributed by atoms with van der Waals surface area (Å²) in [6.45, 7) is 1.63. The Balaban J connectivity index is 1.36. The number of morpholine rings is 1. The molecule has 1 aliphatic heterocycles. The first kappa shape index (κ1) is 20.1. The molecule has 0 atom stereocenters. The third-order valence-electron chi connectivity index (χ3n) is 5.15. The van der Waals surface area contributed by atoms with E-state index in [4.69, 9.17) is 4.74 Å². The lowest BCUT2D eigenvalue weighted by Crippen LogP contribution is -2.40. The average Bonchev–Trinajstić information content (AvgIpc) is 3.28. The molecule has 7 nitrogen and oxygen atoms in total. The maximum Gasteiger partial charge on any atom is 0.243 e. The number of fused-ring (bicyclic) bond motifs is 1. The first-order chi connectivity index (χ1) is 15.1. The van der Waals surface area contributed by atoms with Crippen LogP contribution in [0.4, 0.5) is 10.8 Å². The van der Waals surface area contributed by atoms with E-state index in [1.165, 1.54) is 15.6 Å². The van der Waals surface area contributed by atoms with Crippen molar-refractivity contribution in [1.82, 2.24) is 14.3 Å². The fourth-order valence-electron chi connectivity index (χ4n) is 3.52. The van der Waals surface area contributed by atoms with Crippen LogP contribution >= 0.6 is 11.3 Å². The summed E-state index contributed by atoms with van der Waals surface area (Å²) in [5.74, 6) is 0. The van der Waals surface area contributed by atoms with Gasteiger partial charge in [0.05, 0.1) is 29.3 Å². The molecule has 2 aromatic carbocycles. The smallest absolute Gasteiger partial charge is 0.243 e. The number of anilines is 2. The molecule has 0 radical (unpaired) electrons. The fraction of sp³-hybridized carbons (Fsp3) is 0.182. The van der Waals surface area contributed by atoms with Gasteiger partial charge in [-0.3, -0.25) is 4.98 Å². The monoisotopic (exact) mass is 452 g/mol. The number of pyridine rings is 1. The number of nitrogens with zero attached hydrogens (tertiary/aromatic N) is 3. The van der Waals surface area contributed by atoms with E-state index in [0.29, 0.717) is 26.3 Å². The van der Waals surface area contributed by atoms with Crippen LogP contribution in [0.15, 0.2) is 71.1 Å². The zero-order chi connectivity index (χ0) is 21.3. The third kappa shape index (κ3) is 4.05. The van der Waals surface area contributed by atoms with E-state index in [9.17, 15) is 8.42 Å². The van der Waals surface area contributed by atoms with E-state index in [2.05, 4.69) is 15.3 Å². The minimum atomic E-state index is -3.50. The van der Waals surface area contributed by atoms with Crippen LogP contribution < -0.4 is 5.32 Å². The molecule has 4 aromatic rings. The van der Waals surface area contributed by atoms with Gasteiger partial charge >= 0.3 is 0 Å². The molecule has 0 amide bonds. The Hall–Kier alpha value is -2.85. The molecule has 0 bridgehead atoms. The Kier molecular flexibility index (Phi) is 5.41. The zero-order valence-electron chi connectivity index (χ0n) is 16.6. The fourth-order valence-corrected chi connectivity index (χ4v) is 5.66. The molecule has 1 aliphatic rings. The molecule has 3 heterocycles. The van der Waals surface area contributed by atoms with Crippen LogP contribution in [0.2, 0.25) is 0 Å². The first-order valence-corrected chi connectivity index (χ1v) is 12.2. The highest BCUT2D eigenvalue weighted by Crippen LogP contribution is 2.30. The van der Waals surface area contributed by atoms with Gasteiger partial charge in [-0.25, -0.2) is 13.4 Å². The number of hydrogen-bond acceptors (Lipinski definition) is 7. The van der Waals surface area contributed by atoms with E-state index in [-0.39, 0.29) is 4.90 Å². The van der Waals surface area contributed by atoms with E-state index in [1.54, 1.807) is 30.5 Å². The van der Waals surface area contributed by atoms with Gasteiger partial charge in [-0.05, 0) is 36.4 Å². The largest absolute Gasteiger partial charge is 0.379 e. The standard InChI is InChI=1S/C22H20N4O3S2/c27-31(28,26-11-13-29-14-12-26)17-8-6-16(7-9-17)21-15-30-22(25-21)24-20-5-1-4-19-18(20)3-2-10-23-19/h1-10,15H,11-14H2,(H,24,25). The molecular weight excluding hydrogens is 432 g/mol. The van der Waals surface area contributed by atoms with E-state index >= 15 is 0 Å². The number of rotatable bonds is 5. The second-order valence-corrected chi connectivity index (χ2v) is 9.88. The predicted octanol–water partition coefficient (Wildman–Crippen LogP) is 4.12. The molecule has 0 saturated carbocycles. The summed E-state index contributed by atoms with van der Waals surface area (Å²) >= 11 is 1.50. The van der Waals surface area contributed by atoms with Gasteiger partial charge in [0, 0.05) is 41.3 Å². The van der Waals surface area contributed by atoms with Gasteiger partial charge < -0.3 is 10.1 Å². The number of thiazole rings is 1. The number of sulfonamides is 1. The summed E-state index contributed by atoms with van der Waals surface area (Å²) in [6, 6.07) is 16.7. The molecule has 9 heteroatoms. The van der Waals surface area contributed by atoms with Gasteiger partial charge in [-0.1, -0.05) is 18.2 Å². The number of nitrogens with one attached hydrogen (secondary N) is 1. The number of ether oxygens (including phenoxy) is 1. The molecule has 0 unspecified atom stereocenters. The molecule has 5 rings (SSSR count). The Bertz CT molecular complexity index is 1310. The molecule has 1 saturated heterocycles. The Morgan fingerprint density at radius 2 is 1.81 bits per heavy atom. The molecule has 1 N–H and O–H groups in total. The normalized spacial score (nSPS) is 15.2. The summed E-state index contributed by atoms with van der Waals surface area (Å²) in [6.07, 6.45) is 1.77. The van der Waals surface area contributed by atoms with Crippen molar-refractivity contribution in [3.8, 4) is 11.3 Å². The van der Waals surface area contributed by atoms with Gasteiger partial charge in [0.15, 0.2) is 5.13 Å². The zero-order valence-corrected chi connectivity index (χ0v) is 18.2. The van der Waals surface area contributed by atoms with Gasteiger partial charge in [-0.15, -0.1) is 11.3 Å². The second kappa shape index (κ2) is 8.35. The van der Waals surface area contributed by atoms with E-state index < -0.39 is 10.0 Å². The van der Waals surface area contributed by atoms with Gasteiger partial charge in [0.25, 0.3) is 0 Å². The third-order valence-corrected chi connectivity index (χ3v) is 7.82. The Morgan fingerprint density at radius 3 is 2.61 bits per heavy atom. The molecular formula is C22H20N4O3S2. The van der Waals surface area contributed by atoms with Crippen LogP contribution in [0, 0.1) is 0 Å². The van der Waals surface area contributed by atoms with E-state index in [0.717, 1.165) is 33.0 Å². The Morgan fingerprint density at radius 1 is 1.00 bits per heavy atom. The predicted molar refractivity (Wildman–Crippen MR) is 122 cm³/mol. The molecule has 0 aliphatic carbocycles. The topological polar surface area (TPSA) is 84.4 Å². The lowest BCUT2D eigenvalue weighted by molar-refractivity contribution is 0.0730. The molecule has 2 aromatic heterocycles. The Labute approximate surface area is 184 Å². The summed E-state index contributed by atoms with van der Waals surface area (Å²) < 4.78 is 32.3. The van der Waals surface area contributed by atoms with Crippen molar-refractivity contribution in [1.29, 1.82) is 0 Å². The van der Waals surface area contributed by atoms with Crippen molar-refractivity contribution < 1.29 is 13.2 Å². The van der Waals surface area contributed by atoms with Crippen LogP contribution in [-0.2, 0) is 14.8 Å². The van der Waals surface area contributed by atoms with Gasteiger partial charge in [0.2, 0.25) is 10.0 Å². The van der Waals surface area contributed by atoms with Crippen molar-refractivity contribution in [2.24, 2.45) is 0 Å². The molecule has 158 valence electrons. The van der Waals surface area contributed by atoms with E-state index in [1.807, 2.05) is 35.7 Å². The summed E-state index contributed by atoms with van der Waals surface area (Å²) in [7, 11) is -3.50. The van der Waals surface area contributed by atoms with Gasteiger partial charge in [0.1, 0.15) is 0 Å². The van der Waals surface area contributed by atoms with Crippen LogP contribution in [0.5, 0.6) is 0 Å². The number of aromatic nitrogens is 2. The maximum absolute atomic E-state index is 12.8. The highest BCUT2D eigenvalue weighted by atomic mass is 32.2. The SMILES string of the molecule is O=S(=O)(c1ccc(-c2csc(Nc3cccc4ncccc34)n2)cc1)N1CCOCC1. The maximum atomic E-state index is 12.8. The first-order valence-electron chi connectivity index (χ1n) is 9.86. The van der Waals surface area contributed by atoms with Crippen molar-refractivity contribution in [3.63, 3.8) is 0 Å². The summed E-state index contributed by atoms with van der Waals surface area (Å²) in [5.41, 5.74) is 3.52. The highest BCUT2D eigenvalue weighted by molar-refractivity contribution is 7.89. The summed E-state index contributed by atoms with van der Waals surface area (Å²) in [4.78, 5) is 9.34. The minimum absolute atomic E-state index is 0.287. The van der Waals surface area contributed by atoms with Crippen LogP contribution in [0.1, 0.15) is 0 Å². The number of hydrogen-bond donors (Lipinski definition) is 1. The quantitative estimate of drug-likeness (QED) is 0.490. The lowest BCUT2D eigenvalue weighted by atomic mass is 10.2. The highest BCUT2D eigenvalue weighted by Gasteiger charge is 2.26. The van der Waals surface area contributed by atoms with Crippen molar-refractivity contribution >= 4 is 43.1 Å². The van der Waals surface area contributed by atoms with Crippen molar-refractivity contribution in [3.05, 3.63) is 66.2 Å². The minimum Gasteiger partial charge on any atom is -0.379 e. The van der Waals surface area contributed by atoms with Crippen LogP contribution in [0.3, 0.4) is 0 Å². The van der Waals surface area contributed by atoms with Crippen molar-refractivity contribution in [2.75, 3.05) is 31.6 Å². The van der Waals surface area contributed by atoms with Crippen molar-refractivity contribution in [2.45, 2.75) is 4.90 Å².